The maximum Gasteiger partial charge on any atom is 0.234 e. The molecular formula is C9H10NO4P. The second-order valence-corrected chi connectivity index (χ2v) is 3.76. The van der Waals surface area contributed by atoms with Crippen LogP contribution < -0.4 is 0 Å². The summed E-state index contributed by atoms with van der Waals surface area (Å²) < 4.78 is 10.0. The van der Waals surface area contributed by atoms with Gasteiger partial charge in [-0.05, 0) is 12.2 Å². The van der Waals surface area contributed by atoms with Gasteiger partial charge in [0.2, 0.25) is 20.8 Å². The second kappa shape index (κ2) is 4.55. The van der Waals surface area contributed by atoms with Gasteiger partial charge in [-0.1, -0.05) is 0 Å². The summed E-state index contributed by atoms with van der Waals surface area (Å²) in [5.74, 6) is -0.335. The fourth-order valence-electron chi connectivity index (χ4n) is 1.43. The minimum atomic E-state index is -0.168. The van der Waals surface area contributed by atoms with Crippen molar-refractivity contribution in [2.75, 3.05) is 6.61 Å². The molecule has 2 aliphatic rings. The van der Waals surface area contributed by atoms with E-state index in [4.69, 9.17) is 9.05 Å². The lowest BCUT2D eigenvalue weighted by Crippen LogP contribution is -2.27. The molecule has 0 saturated carbocycles. The topological polar surface area (TPSA) is 55.8 Å². The fraction of sp³-hybridized carbons (Fsp3) is 0.333. The summed E-state index contributed by atoms with van der Waals surface area (Å²) in [6, 6.07) is 0. The van der Waals surface area contributed by atoms with Crippen LogP contribution in [0.25, 0.3) is 0 Å². The molecule has 0 N–H and O–H groups in total. The van der Waals surface area contributed by atoms with Crippen LogP contribution in [-0.2, 0) is 18.6 Å². The van der Waals surface area contributed by atoms with Gasteiger partial charge in [-0.25, -0.2) is 0 Å². The van der Waals surface area contributed by atoms with Crippen LogP contribution in [0.2, 0.25) is 0 Å². The van der Waals surface area contributed by atoms with Crippen molar-refractivity contribution in [1.29, 1.82) is 0 Å². The molecule has 5 nitrogen and oxygen atoms in total. The number of likely N-dealkylation sites (tertiary alicyclic amines) is 1. The predicted octanol–water partition coefficient (Wildman–Crippen LogP) is 1.09. The maximum atomic E-state index is 11.4. The largest absolute Gasteiger partial charge is 0.457 e. The Morgan fingerprint density at radius 1 is 1.27 bits per heavy atom. The van der Waals surface area contributed by atoms with Gasteiger partial charge in [0.1, 0.15) is 0 Å². The van der Waals surface area contributed by atoms with Crippen molar-refractivity contribution in [1.82, 2.24) is 4.90 Å². The standard InChI is InChI=1S/C9H10NO4P/c11-8-1-2-9(12)10(8)7-3-5-13-15-14-6-4-7/h3-5,15H,1-2,6H2/b5-3-,7-4+. The van der Waals surface area contributed by atoms with Crippen molar-refractivity contribution < 1.29 is 18.6 Å². The van der Waals surface area contributed by atoms with Gasteiger partial charge in [-0.3, -0.25) is 14.5 Å². The third-order valence-electron chi connectivity index (χ3n) is 2.10. The molecule has 0 aromatic carbocycles. The molecule has 0 bridgehead atoms. The Bertz CT molecular complexity index is 334. The van der Waals surface area contributed by atoms with Gasteiger partial charge in [-0.2, -0.15) is 0 Å². The molecule has 1 unspecified atom stereocenters. The summed E-state index contributed by atoms with van der Waals surface area (Å²) in [5.41, 5.74) is 0.534. The molecule has 1 saturated heterocycles. The highest BCUT2D eigenvalue weighted by Gasteiger charge is 2.30. The van der Waals surface area contributed by atoms with E-state index in [9.17, 15) is 9.59 Å². The van der Waals surface area contributed by atoms with Crippen LogP contribution in [0.3, 0.4) is 0 Å². The lowest BCUT2D eigenvalue weighted by Gasteiger charge is -2.16. The van der Waals surface area contributed by atoms with E-state index in [-0.39, 0.29) is 33.7 Å². The molecule has 2 amide bonds. The molecule has 0 aromatic heterocycles. The van der Waals surface area contributed by atoms with E-state index in [0.29, 0.717) is 12.3 Å². The van der Waals surface area contributed by atoms with Crippen molar-refractivity contribution in [3.05, 3.63) is 24.1 Å². The van der Waals surface area contributed by atoms with Gasteiger partial charge in [0.25, 0.3) is 0 Å². The Balaban J connectivity index is 2.20. The van der Waals surface area contributed by atoms with E-state index in [2.05, 4.69) is 0 Å². The first-order valence-electron chi connectivity index (χ1n) is 4.54. The van der Waals surface area contributed by atoms with Gasteiger partial charge >= 0.3 is 0 Å². The average Bonchev–Trinajstić information content (AvgIpc) is 2.48. The summed E-state index contributed by atoms with van der Waals surface area (Å²) in [6.07, 6.45) is 5.31. The van der Waals surface area contributed by atoms with Crippen molar-refractivity contribution in [2.24, 2.45) is 0 Å². The van der Waals surface area contributed by atoms with E-state index in [1.54, 1.807) is 12.2 Å². The average molecular weight is 227 g/mol. The number of hydrogen-bond donors (Lipinski definition) is 0. The quantitative estimate of drug-likeness (QED) is 0.497. The van der Waals surface area contributed by atoms with Crippen LogP contribution in [0.15, 0.2) is 24.1 Å². The minimum Gasteiger partial charge on any atom is -0.457 e. The van der Waals surface area contributed by atoms with E-state index < -0.39 is 0 Å². The van der Waals surface area contributed by atoms with Gasteiger partial charge in [0.15, 0.2) is 0 Å². The number of allylic oxidation sites excluding steroid dienone is 1. The molecule has 0 aliphatic carbocycles. The molecule has 2 heterocycles. The Hall–Kier alpha value is -1.19. The number of imide groups is 1. The summed E-state index contributed by atoms with van der Waals surface area (Å²) in [7, 11) is -0.0415. The van der Waals surface area contributed by atoms with Crippen LogP contribution >= 0.6 is 9.03 Å². The van der Waals surface area contributed by atoms with Crippen LogP contribution in [0.4, 0.5) is 0 Å². The summed E-state index contributed by atoms with van der Waals surface area (Å²) in [6.45, 7) is 0.342. The highest BCUT2D eigenvalue weighted by molar-refractivity contribution is 7.26. The summed E-state index contributed by atoms with van der Waals surface area (Å²) in [5, 5.41) is 0. The number of rotatable bonds is 1. The Labute approximate surface area is 88.7 Å². The van der Waals surface area contributed by atoms with Crippen LogP contribution in [0.5, 0.6) is 0 Å². The molecular weight excluding hydrogens is 217 g/mol. The first-order chi connectivity index (χ1) is 7.29. The van der Waals surface area contributed by atoms with Crippen LogP contribution in [-0.4, -0.2) is 23.3 Å². The molecule has 15 heavy (non-hydrogen) atoms. The van der Waals surface area contributed by atoms with Crippen molar-refractivity contribution in [2.45, 2.75) is 12.8 Å². The maximum absolute atomic E-state index is 11.4. The molecule has 80 valence electrons. The smallest absolute Gasteiger partial charge is 0.234 e. The van der Waals surface area contributed by atoms with Crippen LogP contribution in [0.1, 0.15) is 12.8 Å². The van der Waals surface area contributed by atoms with Gasteiger partial charge in [0, 0.05) is 12.8 Å². The van der Waals surface area contributed by atoms with Crippen molar-refractivity contribution in [3.8, 4) is 0 Å². The number of hydrogen-bond acceptors (Lipinski definition) is 4. The molecule has 0 aromatic rings. The van der Waals surface area contributed by atoms with Crippen molar-refractivity contribution >= 4 is 20.8 Å². The lowest BCUT2D eigenvalue weighted by molar-refractivity contribution is -0.135. The lowest BCUT2D eigenvalue weighted by atomic mass is 10.3. The molecule has 1 fully saturated rings. The number of carbonyl (C=O) groups excluding carboxylic acids is 2. The van der Waals surface area contributed by atoms with Crippen molar-refractivity contribution in [3.63, 3.8) is 0 Å². The Morgan fingerprint density at radius 3 is 2.73 bits per heavy atom. The normalized spacial score (nSPS) is 29.3. The van der Waals surface area contributed by atoms with E-state index in [0.717, 1.165) is 0 Å². The zero-order valence-electron chi connectivity index (χ0n) is 7.93. The van der Waals surface area contributed by atoms with E-state index in [1.165, 1.54) is 11.2 Å². The zero-order valence-corrected chi connectivity index (χ0v) is 8.93. The highest BCUT2D eigenvalue weighted by Crippen LogP contribution is 2.22. The molecule has 6 heteroatoms. The van der Waals surface area contributed by atoms with Gasteiger partial charge in [-0.15, -0.1) is 0 Å². The second-order valence-electron chi connectivity index (χ2n) is 3.07. The fourth-order valence-corrected chi connectivity index (χ4v) is 1.77. The minimum absolute atomic E-state index is 0.0415. The zero-order chi connectivity index (χ0) is 10.7. The first kappa shape index (κ1) is 10.3. The number of carbonyl (C=O) groups is 2. The summed E-state index contributed by atoms with van der Waals surface area (Å²) in [4.78, 5) is 24.0. The highest BCUT2D eigenvalue weighted by atomic mass is 31.1. The van der Waals surface area contributed by atoms with E-state index >= 15 is 0 Å². The SMILES string of the molecule is O=C1CCC(=O)N1C1=C/COPO/C=C\1. The third-order valence-corrected chi connectivity index (χ3v) is 2.62. The third kappa shape index (κ3) is 2.25. The summed E-state index contributed by atoms with van der Waals surface area (Å²) >= 11 is 0. The monoisotopic (exact) mass is 227 g/mol. The number of nitrogens with zero attached hydrogens (tertiary/aromatic N) is 1. The van der Waals surface area contributed by atoms with Gasteiger partial charge in [0.05, 0.1) is 18.6 Å². The van der Waals surface area contributed by atoms with Gasteiger partial charge < -0.3 is 9.05 Å². The molecule has 0 radical (unpaired) electrons. The Kier molecular flexibility index (Phi) is 3.14. The number of amides is 2. The molecule has 1 atom stereocenters. The molecule has 2 rings (SSSR count). The molecule has 2 aliphatic heterocycles. The predicted molar refractivity (Wildman–Crippen MR) is 53.7 cm³/mol. The molecule has 0 spiro atoms. The van der Waals surface area contributed by atoms with Crippen LogP contribution in [0, 0.1) is 0 Å². The van der Waals surface area contributed by atoms with E-state index in [1.807, 2.05) is 0 Å². The first-order valence-corrected chi connectivity index (χ1v) is 5.35. The Morgan fingerprint density at radius 2 is 2.00 bits per heavy atom.